The van der Waals surface area contributed by atoms with Crippen LogP contribution in [0.1, 0.15) is 40.5 Å². The molecule has 1 atom stereocenters. The Bertz CT molecular complexity index is 202. The first kappa shape index (κ1) is 15.8. The predicted octanol–water partition coefficient (Wildman–Crippen LogP) is 2.45. The Morgan fingerprint density at radius 3 is 2.56 bits per heavy atom. The van der Waals surface area contributed by atoms with Crippen molar-refractivity contribution in [3.8, 4) is 0 Å². The Hall–Kier alpha value is -0.220. The molecule has 0 aliphatic heterocycles. The first-order valence-corrected chi connectivity index (χ1v) is 7.18. The van der Waals surface area contributed by atoms with Crippen LogP contribution in [0.4, 0.5) is 0 Å². The van der Waals surface area contributed by atoms with Gasteiger partial charge in [0.2, 0.25) is 0 Å². The van der Waals surface area contributed by atoms with E-state index in [9.17, 15) is 4.79 Å². The Balaban J connectivity index is 3.62. The van der Waals surface area contributed by atoms with E-state index in [2.05, 4.69) is 11.6 Å². The van der Waals surface area contributed by atoms with E-state index in [1.165, 1.54) is 0 Å². The highest BCUT2D eigenvalue weighted by Crippen LogP contribution is 2.09. The lowest BCUT2D eigenvalue weighted by Crippen LogP contribution is -2.32. The fourth-order valence-electron chi connectivity index (χ4n) is 1.27. The first-order valence-electron chi connectivity index (χ1n) is 5.79. The number of hydrogen-bond donors (Lipinski definition) is 1. The van der Waals surface area contributed by atoms with Gasteiger partial charge in [0.1, 0.15) is 5.60 Å². The van der Waals surface area contributed by atoms with E-state index in [1.54, 1.807) is 0 Å². The van der Waals surface area contributed by atoms with Gasteiger partial charge in [-0.3, -0.25) is 4.79 Å². The van der Waals surface area contributed by atoms with Crippen LogP contribution in [-0.2, 0) is 9.53 Å². The monoisotopic (exact) mass is 247 g/mol. The number of rotatable bonds is 7. The molecule has 0 saturated heterocycles. The summed E-state index contributed by atoms with van der Waals surface area (Å²) in [4.78, 5) is 11.5. The second-order valence-electron chi connectivity index (χ2n) is 4.99. The third kappa shape index (κ3) is 10.3. The average Bonchev–Trinajstić information content (AvgIpc) is 2.09. The fraction of sp³-hybridized carbons (Fsp3) is 0.917. The standard InChI is InChI=1S/C12H25NO2S/c1-10(13-7-6-8-16-5)9-11(14)15-12(2,3)4/h10,13H,6-9H2,1-5H3. The number of ether oxygens (including phenoxy) is 1. The van der Waals surface area contributed by atoms with E-state index in [0.717, 1.165) is 18.7 Å². The molecule has 0 spiro atoms. The van der Waals surface area contributed by atoms with Crippen LogP contribution in [-0.4, -0.2) is 36.2 Å². The van der Waals surface area contributed by atoms with Gasteiger partial charge >= 0.3 is 5.97 Å². The lowest BCUT2D eigenvalue weighted by molar-refractivity contribution is -0.155. The summed E-state index contributed by atoms with van der Waals surface area (Å²) in [5, 5.41) is 3.32. The predicted molar refractivity (Wildman–Crippen MR) is 70.9 cm³/mol. The SMILES string of the molecule is CSCCCNC(C)CC(=O)OC(C)(C)C. The number of nitrogens with one attached hydrogen (secondary N) is 1. The maximum atomic E-state index is 11.5. The largest absolute Gasteiger partial charge is 0.460 e. The average molecular weight is 247 g/mol. The molecule has 0 aliphatic rings. The van der Waals surface area contributed by atoms with Crippen LogP contribution in [0.5, 0.6) is 0 Å². The highest BCUT2D eigenvalue weighted by Gasteiger charge is 2.17. The van der Waals surface area contributed by atoms with Crippen molar-refractivity contribution in [2.45, 2.75) is 52.2 Å². The molecule has 4 heteroatoms. The molecule has 1 unspecified atom stereocenters. The zero-order valence-electron chi connectivity index (χ0n) is 11.1. The van der Waals surface area contributed by atoms with Crippen molar-refractivity contribution in [1.29, 1.82) is 0 Å². The number of carbonyl (C=O) groups excluding carboxylic acids is 1. The molecule has 0 heterocycles. The maximum absolute atomic E-state index is 11.5. The Morgan fingerprint density at radius 1 is 1.44 bits per heavy atom. The Labute approximate surface area is 104 Å². The topological polar surface area (TPSA) is 38.3 Å². The molecule has 0 fully saturated rings. The molecule has 0 amide bonds. The molecule has 0 aliphatic carbocycles. The van der Waals surface area contributed by atoms with Crippen LogP contribution in [0.25, 0.3) is 0 Å². The van der Waals surface area contributed by atoms with Crippen molar-refractivity contribution in [3.05, 3.63) is 0 Å². The molecule has 0 aromatic carbocycles. The summed E-state index contributed by atoms with van der Waals surface area (Å²) in [6.45, 7) is 8.65. The van der Waals surface area contributed by atoms with E-state index in [1.807, 2.05) is 39.5 Å². The molecule has 96 valence electrons. The lowest BCUT2D eigenvalue weighted by atomic mass is 10.2. The normalized spacial score (nSPS) is 13.6. The minimum Gasteiger partial charge on any atom is -0.460 e. The van der Waals surface area contributed by atoms with Gasteiger partial charge in [0, 0.05) is 6.04 Å². The van der Waals surface area contributed by atoms with Crippen molar-refractivity contribution < 1.29 is 9.53 Å². The van der Waals surface area contributed by atoms with Crippen LogP contribution in [0.3, 0.4) is 0 Å². The zero-order chi connectivity index (χ0) is 12.6. The van der Waals surface area contributed by atoms with Gasteiger partial charge in [-0.25, -0.2) is 0 Å². The highest BCUT2D eigenvalue weighted by atomic mass is 32.2. The van der Waals surface area contributed by atoms with Crippen molar-refractivity contribution in [1.82, 2.24) is 5.32 Å². The second-order valence-corrected chi connectivity index (χ2v) is 5.98. The molecule has 0 aromatic rings. The molecular formula is C12H25NO2S. The zero-order valence-corrected chi connectivity index (χ0v) is 11.9. The molecule has 0 radical (unpaired) electrons. The summed E-state index contributed by atoms with van der Waals surface area (Å²) in [7, 11) is 0. The van der Waals surface area contributed by atoms with E-state index in [-0.39, 0.29) is 17.6 Å². The van der Waals surface area contributed by atoms with Gasteiger partial charge in [-0.1, -0.05) is 0 Å². The van der Waals surface area contributed by atoms with E-state index >= 15 is 0 Å². The van der Waals surface area contributed by atoms with Gasteiger partial charge in [-0.05, 0) is 52.7 Å². The van der Waals surface area contributed by atoms with Crippen LogP contribution >= 0.6 is 11.8 Å². The molecule has 16 heavy (non-hydrogen) atoms. The van der Waals surface area contributed by atoms with Crippen LogP contribution < -0.4 is 5.32 Å². The first-order chi connectivity index (χ1) is 7.35. The van der Waals surface area contributed by atoms with E-state index < -0.39 is 0 Å². The molecule has 0 saturated carbocycles. The van der Waals surface area contributed by atoms with Crippen molar-refractivity contribution >= 4 is 17.7 Å². The number of hydrogen-bond acceptors (Lipinski definition) is 4. The summed E-state index contributed by atoms with van der Waals surface area (Å²) in [6, 6.07) is 0.191. The summed E-state index contributed by atoms with van der Waals surface area (Å²) in [6.07, 6.45) is 3.68. The van der Waals surface area contributed by atoms with Gasteiger partial charge < -0.3 is 10.1 Å². The molecular weight excluding hydrogens is 222 g/mol. The number of thioether (sulfide) groups is 1. The third-order valence-corrected chi connectivity index (χ3v) is 2.61. The molecule has 0 bridgehead atoms. The molecule has 0 rings (SSSR count). The van der Waals surface area contributed by atoms with Crippen LogP contribution in [0, 0.1) is 0 Å². The van der Waals surface area contributed by atoms with Crippen molar-refractivity contribution in [2.24, 2.45) is 0 Å². The Morgan fingerprint density at radius 2 is 2.06 bits per heavy atom. The quantitative estimate of drug-likeness (QED) is 0.554. The van der Waals surface area contributed by atoms with Crippen LogP contribution in [0.15, 0.2) is 0 Å². The number of esters is 1. The summed E-state index contributed by atoms with van der Waals surface area (Å²) in [5.74, 6) is 1.03. The van der Waals surface area contributed by atoms with E-state index in [4.69, 9.17) is 4.74 Å². The molecule has 0 aromatic heterocycles. The molecule has 1 N–H and O–H groups in total. The van der Waals surface area contributed by atoms with Gasteiger partial charge in [-0.2, -0.15) is 11.8 Å². The summed E-state index contributed by atoms with van der Waals surface area (Å²) >= 11 is 1.84. The lowest BCUT2D eigenvalue weighted by Gasteiger charge is -2.21. The minimum absolute atomic E-state index is 0.127. The van der Waals surface area contributed by atoms with E-state index in [0.29, 0.717) is 6.42 Å². The van der Waals surface area contributed by atoms with Gasteiger partial charge in [-0.15, -0.1) is 0 Å². The minimum atomic E-state index is -0.379. The second kappa shape index (κ2) is 7.96. The fourth-order valence-corrected chi connectivity index (χ4v) is 1.70. The van der Waals surface area contributed by atoms with Crippen molar-refractivity contribution in [2.75, 3.05) is 18.6 Å². The highest BCUT2D eigenvalue weighted by molar-refractivity contribution is 7.98. The maximum Gasteiger partial charge on any atom is 0.307 e. The smallest absolute Gasteiger partial charge is 0.307 e. The number of carbonyl (C=O) groups is 1. The Kier molecular flexibility index (Phi) is 7.85. The van der Waals surface area contributed by atoms with Gasteiger partial charge in [0.25, 0.3) is 0 Å². The van der Waals surface area contributed by atoms with Gasteiger partial charge in [0.05, 0.1) is 6.42 Å². The third-order valence-electron chi connectivity index (χ3n) is 1.91. The summed E-state index contributed by atoms with van der Waals surface area (Å²) < 4.78 is 5.25. The van der Waals surface area contributed by atoms with Crippen molar-refractivity contribution in [3.63, 3.8) is 0 Å². The molecule has 3 nitrogen and oxygen atoms in total. The van der Waals surface area contributed by atoms with Gasteiger partial charge in [0.15, 0.2) is 0 Å². The summed E-state index contributed by atoms with van der Waals surface area (Å²) in [5.41, 5.74) is -0.379. The van der Waals surface area contributed by atoms with Crippen LogP contribution in [0.2, 0.25) is 0 Å².